The van der Waals surface area contributed by atoms with Gasteiger partial charge in [-0.25, -0.2) is 0 Å². The minimum atomic E-state index is -0.375. The van der Waals surface area contributed by atoms with E-state index >= 15 is 0 Å². The molecule has 1 heterocycles. The van der Waals surface area contributed by atoms with Gasteiger partial charge in [0.1, 0.15) is 0 Å². The van der Waals surface area contributed by atoms with Crippen molar-refractivity contribution in [1.29, 1.82) is 0 Å². The van der Waals surface area contributed by atoms with Crippen molar-refractivity contribution in [2.24, 2.45) is 0 Å². The van der Waals surface area contributed by atoms with Crippen LogP contribution >= 0.6 is 0 Å². The standard InChI is InChI=1S/C17H15N2.C5H12O2.Ir/c1-11-8-9-16(15-7-5-4-6-14(11)15)17-13(3)19-12(2)10-18-17;1-4(6)3-5(2)7;/h4-8,10H,1-3H3;4-7H,3H2,1-2H3;/q-1;;. The second-order valence-corrected chi connectivity index (χ2v) is 6.77. The number of benzene rings is 2. The average Bonchev–Trinajstić information content (AvgIpc) is 2.56. The van der Waals surface area contributed by atoms with Crippen LogP contribution in [0.4, 0.5) is 0 Å². The van der Waals surface area contributed by atoms with Crippen LogP contribution in [0.2, 0.25) is 0 Å². The van der Waals surface area contributed by atoms with E-state index in [0.29, 0.717) is 6.42 Å². The van der Waals surface area contributed by atoms with Gasteiger partial charge < -0.3 is 15.2 Å². The van der Waals surface area contributed by atoms with Crippen molar-refractivity contribution < 1.29 is 30.3 Å². The molecule has 2 unspecified atom stereocenters. The van der Waals surface area contributed by atoms with Gasteiger partial charge in [0, 0.05) is 37.7 Å². The molecule has 0 saturated heterocycles. The van der Waals surface area contributed by atoms with E-state index in [1.165, 1.54) is 16.3 Å². The van der Waals surface area contributed by atoms with E-state index in [9.17, 15) is 0 Å². The van der Waals surface area contributed by atoms with Crippen LogP contribution in [-0.4, -0.2) is 32.4 Å². The van der Waals surface area contributed by atoms with Crippen molar-refractivity contribution in [2.45, 2.75) is 53.2 Å². The molecule has 0 aliphatic heterocycles. The van der Waals surface area contributed by atoms with Gasteiger partial charge in [0.2, 0.25) is 0 Å². The fourth-order valence-corrected chi connectivity index (χ4v) is 2.91. The summed E-state index contributed by atoms with van der Waals surface area (Å²) in [4.78, 5) is 9.03. The normalized spacial score (nSPS) is 12.6. The van der Waals surface area contributed by atoms with Crippen LogP contribution in [0.3, 0.4) is 0 Å². The zero-order valence-corrected chi connectivity index (χ0v) is 18.8. The Hall–Kier alpha value is -1.65. The van der Waals surface area contributed by atoms with Crippen LogP contribution in [0.5, 0.6) is 0 Å². The summed E-state index contributed by atoms with van der Waals surface area (Å²) < 4.78 is 0. The first-order valence-electron chi connectivity index (χ1n) is 8.86. The summed E-state index contributed by atoms with van der Waals surface area (Å²) in [5, 5.41) is 19.6. The number of aryl methyl sites for hydroxylation is 3. The van der Waals surface area contributed by atoms with E-state index < -0.39 is 0 Å². The number of aliphatic hydroxyl groups is 2. The molecule has 1 aromatic heterocycles. The first-order valence-corrected chi connectivity index (χ1v) is 8.86. The number of hydrogen-bond acceptors (Lipinski definition) is 4. The van der Waals surface area contributed by atoms with E-state index in [2.05, 4.69) is 47.2 Å². The van der Waals surface area contributed by atoms with Gasteiger partial charge in [-0.1, -0.05) is 42.0 Å². The molecule has 2 N–H and O–H groups in total. The second-order valence-electron chi connectivity index (χ2n) is 6.77. The molecule has 27 heavy (non-hydrogen) atoms. The molecular formula is C22H27IrN2O2-. The fraction of sp³-hybridized carbons (Fsp3) is 0.364. The quantitative estimate of drug-likeness (QED) is 0.487. The van der Waals surface area contributed by atoms with Crippen molar-refractivity contribution in [3.8, 4) is 11.3 Å². The van der Waals surface area contributed by atoms with Gasteiger partial charge in [-0.2, -0.15) is 0 Å². The zero-order chi connectivity index (χ0) is 19.3. The van der Waals surface area contributed by atoms with Crippen LogP contribution in [0.15, 0.2) is 36.5 Å². The third kappa shape index (κ3) is 6.47. The van der Waals surface area contributed by atoms with Crippen molar-refractivity contribution in [3.63, 3.8) is 0 Å². The fourth-order valence-electron chi connectivity index (χ4n) is 2.91. The van der Waals surface area contributed by atoms with Crippen molar-refractivity contribution in [3.05, 3.63) is 59.5 Å². The summed E-state index contributed by atoms with van der Waals surface area (Å²) in [5.41, 5.74) is 5.08. The average molecular weight is 544 g/mol. The molecule has 0 spiro atoms. The summed E-state index contributed by atoms with van der Waals surface area (Å²) in [6.45, 7) is 9.38. The van der Waals surface area contributed by atoms with Gasteiger partial charge in [0.05, 0.1) is 17.9 Å². The van der Waals surface area contributed by atoms with Crippen molar-refractivity contribution in [2.75, 3.05) is 0 Å². The van der Waals surface area contributed by atoms with Crippen molar-refractivity contribution in [1.82, 2.24) is 9.97 Å². The Morgan fingerprint density at radius 2 is 1.59 bits per heavy atom. The van der Waals surface area contributed by atoms with Gasteiger partial charge >= 0.3 is 0 Å². The number of aliphatic hydroxyl groups excluding tert-OH is 2. The summed E-state index contributed by atoms with van der Waals surface area (Å²) in [6, 6.07) is 13.8. The number of rotatable bonds is 3. The maximum Gasteiger partial charge on any atom is 0.0539 e. The van der Waals surface area contributed by atoms with Crippen LogP contribution in [0.1, 0.15) is 37.2 Å². The van der Waals surface area contributed by atoms with Gasteiger partial charge in [-0.05, 0) is 34.1 Å². The minimum Gasteiger partial charge on any atom is -0.393 e. The van der Waals surface area contributed by atoms with Gasteiger partial charge in [-0.15, -0.1) is 23.3 Å². The van der Waals surface area contributed by atoms with E-state index in [1.807, 2.05) is 26.1 Å². The first kappa shape index (κ1) is 23.4. The van der Waals surface area contributed by atoms with Gasteiger partial charge in [0.15, 0.2) is 0 Å². The molecule has 5 heteroatoms. The number of hydrogen-bond donors (Lipinski definition) is 2. The minimum absolute atomic E-state index is 0. The van der Waals surface area contributed by atoms with E-state index in [-0.39, 0.29) is 32.3 Å². The van der Waals surface area contributed by atoms with Gasteiger partial charge in [-0.3, -0.25) is 4.98 Å². The molecule has 3 rings (SSSR count). The third-order valence-corrected chi connectivity index (χ3v) is 4.04. The third-order valence-electron chi connectivity index (χ3n) is 4.04. The molecule has 0 saturated carbocycles. The summed E-state index contributed by atoms with van der Waals surface area (Å²) >= 11 is 0. The number of fused-ring (bicyclic) bond motifs is 1. The number of nitrogens with zero attached hydrogens (tertiary/aromatic N) is 2. The summed E-state index contributed by atoms with van der Waals surface area (Å²) in [5.74, 6) is 0. The topological polar surface area (TPSA) is 66.2 Å². The summed E-state index contributed by atoms with van der Waals surface area (Å²) in [7, 11) is 0. The Labute approximate surface area is 175 Å². The molecule has 0 fully saturated rings. The molecule has 0 aliphatic rings. The smallest absolute Gasteiger partial charge is 0.0539 e. The Morgan fingerprint density at radius 1 is 1.00 bits per heavy atom. The van der Waals surface area contributed by atoms with E-state index in [1.54, 1.807) is 13.8 Å². The van der Waals surface area contributed by atoms with Crippen LogP contribution in [0, 0.1) is 26.8 Å². The van der Waals surface area contributed by atoms with Gasteiger partial charge in [0.25, 0.3) is 0 Å². The van der Waals surface area contributed by atoms with Crippen LogP contribution < -0.4 is 0 Å². The molecule has 1 radical (unpaired) electrons. The van der Waals surface area contributed by atoms with Crippen LogP contribution in [-0.2, 0) is 20.1 Å². The maximum atomic E-state index is 8.56. The monoisotopic (exact) mass is 544 g/mol. The van der Waals surface area contributed by atoms with E-state index in [4.69, 9.17) is 10.2 Å². The predicted molar refractivity (Wildman–Crippen MR) is 106 cm³/mol. The molecule has 0 amide bonds. The Balaban J connectivity index is 0.000000395. The SMILES string of the molecule is CC(O)CC(C)O.Cc1cnc(-c2[c-]cc(C)c3ccccc23)c(C)n1.[Ir]. The Bertz CT molecular complexity index is 873. The molecule has 147 valence electrons. The molecule has 0 bridgehead atoms. The summed E-state index contributed by atoms with van der Waals surface area (Å²) in [6.07, 6.45) is 1.53. The maximum absolute atomic E-state index is 8.56. The predicted octanol–water partition coefficient (Wildman–Crippen LogP) is 4.16. The largest absolute Gasteiger partial charge is 0.393 e. The number of aromatic nitrogens is 2. The molecule has 0 aliphatic carbocycles. The Morgan fingerprint density at radius 3 is 2.11 bits per heavy atom. The molecule has 3 aromatic rings. The second kappa shape index (κ2) is 10.6. The molecule has 4 nitrogen and oxygen atoms in total. The molecular weight excluding hydrogens is 516 g/mol. The molecule has 2 atom stereocenters. The first-order chi connectivity index (χ1) is 12.3. The van der Waals surface area contributed by atoms with Crippen molar-refractivity contribution >= 4 is 10.8 Å². The van der Waals surface area contributed by atoms with E-state index in [0.717, 1.165) is 22.6 Å². The zero-order valence-electron chi connectivity index (χ0n) is 16.4. The molecule has 2 aromatic carbocycles. The van der Waals surface area contributed by atoms with Crippen LogP contribution in [0.25, 0.3) is 22.0 Å². The Kier molecular flexibility index (Phi) is 9.20.